The van der Waals surface area contributed by atoms with Crippen molar-refractivity contribution in [3.05, 3.63) is 65.2 Å². The largest absolute Gasteiger partial charge is 0.296 e. The van der Waals surface area contributed by atoms with E-state index in [1.165, 1.54) is 15.4 Å². The fourth-order valence-corrected chi connectivity index (χ4v) is 4.37. The van der Waals surface area contributed by atoms with Crippen LogP contribution in [0.5, 0.6) is 0 Å². The summed E-state index contributed by atoms with van der Waals surface area (Å²) < 4.78 is 53.2. The molecular weight excluding hydrogens is 346 g/mol. The fourth-order valence-electron chi connectivity index (χ4n) is 2.90. The summed E-state index contributed by atoms with van der Waals surface area (Å²) in [5, 5.41) is 0. The number of aryl methyl sites for hydroxylation is 1. The van der Waals surface area contributed by atoms with E-state index in [4.69, 9.17) is 0 Å². The predicted molar refractivity (Wildman–Crippen MR) is 91.6 cm³/mol. The van der Waals surface area contributed by atoms with E-state index in [1.807, 2.05) is 19.1 Å². The number of nitrogens with zero attached hydrogens (tertiary/aromatic N) is 2. The maximum Gasteiger partial charge on any atom is 0.246 e. The van der Waals surface area contributed by atoms with Crippen molar-refractivity contribution in [2.45, 2.75) is 18.4 Å². The molecule has 0 unspecified atom stereocenters. The molecule has 0 amide bonds. The molecule has 0 aromatic heterocycles. The fraction of sp³-hybridized carbons (Fsp3) is 0.333. The zero-order chi connectivity index (χ0) is 18.0. The lowest BCUT2D eigenvalue weighted by Gasteiger charge is -2.34. The van der Waals surface area contributed by atoms with Crippen LogP contribution in [0.1, 0.15) is 11.1 Å². The van der Waals surface area contributed by atoms with Crippen LogP contribution in [-0.4, -0.2) is 43.8 Å². The standard InChI is InChI=1S/C18H20F2N2O2S/c1-14-2-4-15(5-3-14)13-21-8-10-22(11-9-21)25(23,24)18-7-6-16(19)12-17(18)20/h2-7,12H,8-11,13H2,1H3. The normalized spacial score (nSPS) is 16.9. The Balaban J connectivity index is 1.66. The zero-order valence-corrected chi connectivity index (χ0v) is 14.8. The van der Waals surface area contributed by atoms with Crippen LogP contribution in [0.2, 0.25) is 0 Å². The first-order valence-electron chi connectivity index (χ1n) is 8.09. The number of sulfonamides is 1. The molecular formula is C18H20F2N2O2S. The quantitative estimate of drug-likeness (QED) is 0.836. The van der Waals surface area contributed by atoms with Crippen molar-refractivity contribution >= 4 is 10.0 Å². The monoisotopic (exact) mass is 366 g/mol. The summed E-state index contributed by atoms with van der Waals surface area (Å²) in [6.07, 6.45) is 0. The molecule has 0 atom stereocenters. The Labute approximate surface area is 146 Å². The van der Waals surface area contributed by atoms with E-state index in [2.05, 4.69) is 17.0 Å². The molecule has 4 nitrogen and oxygen atoms in total. The minimum atomic E-state index is -3.95. The van der Waals surface area contributed by atoms with E-state index >= 15 is 0 Å². The highest BCUT2D eigenvalue weighted by atomic mass is 32.2. The number of rotatable bonds is 4. The second-order valence-corrected chi connectivity index (χ2v) is 8.15. The van der Waals surface area contributed by atoms with Crippen LogP contribution in [0.25, 0.3) is 0 Å². The van der Waals surface area contributed by atoms with E-state index in [1.54, 1.807) is 0 Å². The van der Waals surface area contributed by atoms with Crippen molar-refractivity contribution in [2.24, 2.45) is 0 Å². The Morgan fingerprint density at radius 1 is 0.960 bits per heavy atom. The van der Waals surface area contributed by atoms with Crippen molar-refractivity contribution in [3.8, 4) is 0 Å². The van der Waals surface area contributed by atoms with Crippen LogP contribution in [0.15, 0.2) is 47.4 Å². The second-order valence-electron chi connectivity index (χ2n) is 6.24. The van der Waals surface area contributed by atoms with Crippen LogP contribution in [-0.2, 0) is 16.6 Å². The van der Waals surface area contributed by atoms with Crippen LogP contribution < -0.4 is 0 Å². The maximum atomic E-state index is 13.8. The summed E-state index contributed by atoms with van der Waals surface area (Å²) in [6, 6.07) is 10.8. The van der Waals surface area contributed by atoms with Gasteiger partial charge in [0.1, 0.15) is 16.5 Å². The van der Waals surface area contributed by atoms with Gasteiger partial charge < -0.3 is 0 Å². The lowest BCUT2D eigenvalue weighted by molar-refractivity contribution is 0.181. The van der Waals surface area contributed by atoms with E-state index in [-0.39, 0.29) is 13.1 Å². The van der Waals surface area contributed by atoms with Crippen LogP contribution in [0.4, 0.5) is 8.78 Å². The van der Waals surface area contributed by atoms with Gasteiger partial charge in [-0.2, -0.15) is 4.31 Å². The van der Waals surface area contributed by atoms with Gasteiger partial charge in [0.05, 0.1) is 0 Å². The summed E-state index contributed by atoms with van der Waals surface area (Å²) in [4.78, 5) is 1.69. The second kappa shape index (κ2) is 7.19. The molecule has 1 fully saturated rings. The number of hydrogen-bond donors (Lipinski definition) is 0. The minimum absolute atomic E-state index is 0.283. The van der Waals surface area contributed by atoms with Crippen molar-refractivity contribution < 1.29 is 17.2 Å². The number of benzene rings is 2. The third-order valence-corrected chi connectivity index (χ3v) is 6.30. The third kappa shape index (κ3) is 4.05. The van der Waals surface area contributed by atoms with Gasteiger partial charge in [-0.1, -0.05) is 29.8 Å². The van der Waals surface area contributed by atoms with Gasteiger partial charge in [0, 0.05) is 38.8 Å². The highest BCUT2D eigenvalue weighted by molar-refractivity contribution is 7.89. The Kier molecular flexibility index (Phi) is 5.17. The maximum absolute atomic E-state index is 13.8. The summed E-state index contributed by atoms with van der Waals surface area (Å²) >= 11 is 0. The molecule has 1 aliphatic rings. The molecule has 0 saturated carbocycles. The van der Waals surface area contributed by atoms with Gasteiger partial charge in [-0.05, 0) is 24.6 Å². The van der Waals surface area contributed by atoms with Crippen LogP contribution >= 0.6 is 0 Å². The van der Waals surface area contributed by atoms with E-state index in [9.17, 15) is 17.2 Å². The Morgan fingerprint density at radius 2 is 1.60 bits per heavy atom. The molecule has 3 rings (SSSR count). The molecule has 2 aromatic carbocycles. The highest BCUT2D eigenvalue weighted by Crippen LogP contribution is 2.22. The molecule has 0 bridgehead atoms. The highest BCUT2D eigenvalue weighted by Gasteiger charge is 2.30. The molecule has 25 heavy (non-hydrogen) atoms. The molecule has 0 aliphatic carbocycles. The van der Waals surface area contributed by atoms with Gasteiger partial charge in [0.2, 0.25) is 10.0 Å². The molecule has 0 radical (unpaired) electrons. The van der Waals surface area contributed by atoms with Crippen molar-refractivity contribution in [1.29, 1.82) is 0 Å². The summed E-state index contributed by atoms with van der Waals surface area (Å²) in [5.74, 6) is -1.85. The molecule has 0 spiro atoms. The Hall–Kier alpha value is -1.83. The molecule has 7 heteroatoms. The molecule has 134 valence electrons. The van der Waals surface area contributed by atoms with Gasteiger partial charge in [-0.3, -0.25) is 4.90 Å². The van der Waals surface area contributed by atoms with E-state index in [0.29, 0.717) is 19.2 Å². The van der Waals surface area contributed by atoms with Gasteiger partial charge in [0.15, 0.2) is 0 Å². The smallest absolute Gasteiger partial charge is 0.246 e. The summed E-state index contributed by atoms with van der Waals surface area (Å²) in [7, 11) is -3.95. The first-order valence-corrected chi connectivity index (χ1v) is 9.53. The third-order valence-electron chi connectivity index (χ3n) is 4.37. The molecule has 1 aliphatic heterocycles. The SMILES string of the molecule is Cc1ccc(CN2CCN(S(=O)(=O)c3ccc(F)cc3F)CC2)cc1. The van der Waals surface area contributed by atoms with Gasteiger partial charge >= 0.3 is 0 Å². The number of hydrogen-bond acceptors (Lipinski definition) is 3. The number of piperazine rings is 1. The predicted octanol–water partition coefficient (Wildman–Crippen LogP) is 2.78. The Bertz CT molecular complexity index is 846. The van der Waals surface area contributed by atoms with E-state index < -0.39 is 26.6 Å². The minimum Gasteiger partial charge on any atom is -0.296 e. The lowest BCUT2D eigenvalue weighted by atomic mass is 10.1. The average Bonchev–Trinajstić information content (AvgIpc) is 2.57. The topological polar surface area (TPSA) is 40.6 Å². The lowest BCUT2D eigenvalue weighted by Crippen LogP contribution is -2.48. The number of halogens is 2. The first-order chi connectivity index (χ1) is 11.9. The van der Waals surface area contributed by atoms with Gasteiger partial charge in [-0.15, -0.1) is 0 Å². The van der Waals surface area contributed by atoms with Crippen LogP contribution in [0, 0.1) is 18.6 Å². The zero-order valence-electron chi connectivity index (χ0n) is 14.0. The van der Waals surface area contributed by atoms with Crippen molar-refractivity contribution in [1.82, 2.24) is 9.21 Å². The van der Waals surface area contributed by atoms with E-state index in [0.717, 1.165) is 18.7 Å². The average molecular weight is 366 g/mol. The molecule has 0 N–H and O–H groups in total. The van der Waals surface area contributed by atoms with Crippen molar-refractivity contribution in [3.63, 3.8) is 0 Å². The van der Waals surface area contributed by atoms with Crippen LogP contribution in [0.3, 0.4) is 0 Å². The first kappa shape index (κ1) is 18.0. The summed E-state index contributed by atoms with van der Waals surface area (Å²) in [6.45, 7) is 4.48. The Morgan fingerprint density at radius 3 is 2.20 bits per heavy atom. The van der Waals surface area contributed by atoms with Gasteiger partial charge in [0.25, 0.3) is 0 Å². The molecule has 1 saturated heterocycles. The van der Waals surface area contributed by atoms with Gasteiger partial charge in [-0.25, -0.2) is 17.2 Å². The molecule has 2 aromatic rings. The summed E-state index contributed by atoms with van der Waals surface area (Å²) in [5.41, 5.74) is 2.37. The van der Waals surface area contributed by atoms with Crippen molar-refractivity contribution in [2.75, 3.05) is 26.2 Å². The molecule has 1 heterocycles.